The summed E-state index contributed by atoms with van der Waals surface area (Å²) >= 11 is 0. The normalized spacial score (nSPS) is 26.9. The van der Waals surface area contributed by atoms with Gasteiger partial charge in [0.25, 0.3) is 0 Å². The molecule has 0 radical (unpaired) electrons. The average Bonchev–Trinajstić information content (AvgIpc) is 3.39. The summed E-state index contributed by atoms with van der Waals surface area (Å²) in [7, 11) is 1.68. The van der Waals surface area contributed by atoms with Crippen molar-refractivity contribution in [2.75, 3.05) is 4.90 Å². The van der Waals surface area contributed by atoms with E-state index in [0.29, 0.717) is 40.7 Å². The molecule has 3 aliphatic rings. The minimum atomic E-state index is -0.929. The lowest BCUT2D eigenvalue weighted by molar-refractivity contribution is 0.171. The molecule has 2 N–H and O–H groups in total. The molecule has 2 saturated heterocycles. The van der Waals surface area contributed by atoms with Gasteiger partial charge in [-0.15, -0.1) is 20.4 Å². The molecule has 0 unspecified atom stereocenters. The number of phenolic OH excluding ortho intramolecular Hbond substituents is 1. The number of benzene rings is 1. The summed E-state index contributed by atoms with van der Waals surface area (Å²) in [4.78, 5) is 7.91. The van der Waals surface area contributed by atoms with Crippen LogP contribution in [0.15, 0.2) is 24.4 Å². The molecule has 32 heavy (non-hydrogen) atoms. The summed E-state index contributed by atoms with van der Waals surface area (Å²) in [5.74, 6) is 1.33. The highest BCUT2D eigenvalue weighted by Crippen LogP contribution is 2.40. The molecule has 0 spiro atoms. The monoisotopic (exact) mass is 437 g/mol. The zero-order chi connectivity index (χ0) is 21.8. The van der Waals surface area contributed by atoms with Crippen molar-refractivity contribution in [3.63, 3.8) is 0 Å². The molecule has 4 atom stereocenters. The molecule has 1 saturated carbocycles. The summed E-state index contributed by atoms with van der Waals surface area (Å²) in [5.41, 5.74) is 1.09. The number of nitrogens with zero attached hydrogens (tertiary/aromatic N) is 8. The molecule has 1 aliphatic carbocycles. The number of tetrazole rings is 1. The van der Waals surface area contributed by atoms with Crippen LogP contribution in [0.4, 0.5) is 10.2 Å². The van der Waals surface area contributed by atoms with E-state index in [-0.39, 0.29) is 17.8 Å². The van der Waals surface area contributed by atoms with Gasteiger partial charge in [-0.2, -0.15) is 4.80 Å². The first-order chi connectivity index (χ1) is 15.6. The third-order valence-corrected chi connectivity index (χ3v) is 6.67. The van der Waals surface area contributed by atoms with E-state index < -0.39 is 6.17 Å². The highest BCUT2D eigenvalue weighted by molar-refractivity contribution is 5.70. The van der Waals surface area contributed by atoms with Crippen molar-refractivity contribution in [2.24, 2.45) is 7.05 Å². The van der Waals surface area contributed by atoms with E-state index in [0.717, 1.165) is 32.1 Å². The summed E-state index contributed by atoms with van der Waals surface area (Å²) in [6.07, 6.45) is 5.49. The Hall–Kier alpha value is -3.21. The molecule has 3 aromatic rings. The van der Waals surface area contributed by atoms with Crippen LogP contribution in [0.1, 0.15) is 32.1 Å². The maximum Gasteiger partial charge on any atom is 0.205 e. The third kappa shape index (κ3) is 3.36. The maximum atomic E-state index is 15.2. The second-order valence-electron chi connectivity index (χ2n) is 8.91. The molecule has 6 rings (SSSR count). The van der Waals surface area contributed by atoms with Gasteiger partial charge in [0, 0.05) is 23.7 Å². The fraction of sp³-hybridized carbons (Fsp3) is 0.524. The van der Waals surface area contributed by atoms with Crippen molar-refractivity contribution < 1.29 is 9.50 Å². The predicted molar refractivity (Wildman–Crippen MR) is 113 cm³/mol. The van der Waals surface area contributed by atoms with E-state index in [9.17, 15) is 5.11 Å². The molecule has 10 nitrogen and oxygen atoms in total. The number of hydrogen-bond acceptors (Lipinski definition) is 9. The predicted octanol–water partition coefficient (Wildman–Crippen LogP) is 1.63. The molecule has 3 fully saturated rings. The molecule has 2 aliphatic heterocycles. The van der Waals surface area contributed by atoms with Gasteiger partial charge in [0.15, 0.2) is 11.6 Å². The summed E-state index contributed by atoms with van der Waals surface area (Å²) in [6, 6.07) is 5.44. The second kappa shape index (κ2) is 7.44. The highest BCUT2D eigenvalue weighted by atomic mass is 19.1. The lowest BCUT2D eigenvalue weighted by Crippen LogP contribution is -2.57. The molecule has 11 heteroatoms. The number of phenols is 1. The van der Waals surface area contributed by atoms with Gasteiger partial charge >= 0.3 is 0 Å². The fourth-order valence-electron chi connectivity index (χ4n) is 4.99. The van der Waals surface area contributed by atoms with Crippen LogP contribution in [-0.4, -0.2) is 70.8 Å². The zero-order valence-corrected chi connectivity index (χ0v) is 17.6. The quantitative estimate of drug-likeness (QED) is 0.614. The van der Waals surface area contributed by atoms with Crippen LogP contribution in [0.5, 0.6) is 5.75 Å². The van der Waals surface area contributed by atoms with E-state index in [1.807, 2.05) is 0 Å². The second-order valence-corrected chi connectivity index (χ2v) is 8.91. The zero-order valence-electron chi connectivity index (χ0n) is 17.6. The number of aromatic nitrogens is 7. The van der Waals surface area contributed by atoms with Crippen LogP contribution >= 0.6 is 0 Å². The van der Waals surface area contributed by atoms with E-state index >= 15 is 4.39 Å². The van der Waals surface area contributed by atoms with Crippen molar-refractivity contribution >= 4 is 5.82 Å². The topological polar surface area (TPSA) is 118 Å². The van der Waals surface area contributed by atoms with E-state index in [1.54, 1.807) is 31.4 Å². The molecular formula is C21H24FN9O. The Morgan fingerprint density at radius 2 is 2.00 bits per heavy atom. The van der Waals surface area contributed by atoms with Crippen molar-refractivity contribution in [3.05, 3.63) is 24.4 Å². The number of anilines is 1. The van der Waals surface area contributed by atoms with Gasteiger partial charge in [0.05, 0.1) is 24.8 Å². The van der Waals surface area contributed by atoms with Gasteiger partial charge in [-0.1, -0.05) is 6.07 Å². The fourth-order valence-corrected chi connectivity index (χ4v) is 4.99. The molecule has 2 bridgehead atoms. The van der Waals surface area contributed by atoms with Crippen molar-refractivity contribution in [1.29, 1.82) is 0 Å². The number of aryl methyl sites for hydroxylation is 1. The van der Waals surface area contributed by atoms with E-state index in [4.69, 9.17) is 0 Å². The molecule has 2 aromatic heterocycles. The van der Waals surface area contributed by atoms with Gasteiger partial charge in [0.1, 0.15) is 11.9 Å². The highest BCUT2D eigenvalue weighted by Gasteiger charge is 2.48. The standard InChI is InChI=1S/C21H24FN9O/c1-30-28-20(27-29-30)11-2-6-14(17(32)8-11)21-23-10-18(25-26-21)31(13-4-5-13)16-9-12-3-7-15(24-12)19(16)22/h2,6,8,10,12-13,15-16,19,24,32H,3-5,7,9H2,1H3/t12-,15+,16+,19-/m0/s1. The van der Waals surface area contributed by atoms with Crippen molar-refractivity contribution in [3.8, 4) is 28.5 Å². The number of aromatic hydroxyl groups is 1. The van der Waals surface area contributed by atoms with Crippen LogP contribution in [0.25, 0.3) is 22.8 Å². The smallest absolute Gasteiger partial charge is 0.205 e. The summed E-state index contributed by atoms with van der Waals surface area (Å²) < 4.78 is 15.2. The Labute approximate surface area is 183 Å². The molecule has 166 valence electrons. The van der Waals surface area contributed by atoms with Gasteiger partial charge < -0.3 is 15.3 Å². The van der Waals surface area contributed by atoms with Gasteiger partial charge in [0.2, 0.25) is 5.82 Å². The Morgan fingerprint density at radius 1 is 1.12 bits per heavy atom. The number of nitrogens with one attached hydrogen (secondary N) is 1. The summed E-state index contributed by atoms with van der Waals surface area (Å²) in [5, 5.41) is 34.5. The van der Waals surface area contributed by atoms with Crippen LogP contribution in [-0.2, 0) is 7.05 Å². The summed E-state index contributed by atoms with van der Waals surface area (Å²) in [6.45, 7) is 0. The number of piperidine rings is 1. The molecular weight excluding hydrogens is 413 g/mol. The van der Waals surface area contributed by atoms with Crippen LogP contribution in [0.3, 0.4) is 0 Å². The minimum absolute atomic E-state index is 0.00213. The van der Waals surface area contributed by atoms with E-state index in [2.05, 4.69) is 40.8 Å². The van der Waals surface area contributed by atoms with Gasteiger partial charge in [-0.25, -0.2) is 9.37 Å². The largest absolute Gasteiger partial charge is 0.507 e. The Kier molecular flexibility index (Phi) is 4.53. The first-order valence-electron chi connectivity index (χ1n) is 11.0. The van der Waals surface area contributed by atoms with E-state index in [1.165, 1.54) is 4.80 Å². The molecule has 1 aromatic carbocycles. The average molecular weight is 437 g/mol. The number of halogens is 1. The SMILES string of the molecule is Cn1nnc(-c2ccc(-c3ncc(N(C4CC4)[C@@H]4C[C@@H]5CC[C@@H](N5)[C@@H]4F)nn3)c(O)c2)n1. The number of alkyl halides is 1. The molecule has 4 heterocycles. The first-order valence-corrected chi connectivity index (χ1v) is 11.0. The van der Waals surface area contributed by atoms with Crippen molar-refractivity contribution in [2.45, 2.75) is 62.4 Å². The van der Waals surface area contributed by atoms with Gasteiger partial charge in [-0.3, -0.25) is 0 Å². The van der Waals surface area contributed by atoms with Crippen LogP contribution in [0.2, 0.25) is 0 Å². The third-order valence-electron chi connectivity index (χ3n) is 6.67. The Balaban J connectivity index is 1.27. The Bertz CT molecular complexity index is 1130. The number of fused-ring (bicyclic) bond motifs is 2. The lowest BCUT2D eigenvalue weighted by Gasteiger charge is -2.40. The first kappa shape index (κ1) is 19.5. The van der Waals surface area contributed by atoms with Crippen LogP contribution < -0.4 is 10.2 Å². The number of rotatable bonds is 5. The van der Waals surface area contributed by atoms with Gasteiger partial charge in [-0.05, 0) is 49.5 Å². The Morgan fingerprint density at radius 3 is 2.69 bits per heavy atom. The maximum absolute atomic E-state index is 15.2. The van der Waals surface area contributed by atoms with Crippen molar-refractivity contribution in [1.82, 2.24) is 40.7 Å². The lowest BCUT2D eigenvalue weighted by atomic mass is 9.96. The minimum Gasteiger partial charge on any atom is -0.507 e. The molecule has 0 amide bonds. The number of hydrogen-bond donors (Lipinski definition) is 2. The van der Waals surface area contributed by atoms with Crippen LogP contribution in [0, 0.1) is 0 Å².